The van der Waals surface area contributed by atoms with E-state index in [1.807, 2.05) is 0 Å². The molecule has 8 heteroatoms. The molecule has 41 heavy (non-hydrogen) atoms. The van der Waals surface area contributed by atoms with Gasteiger partial charge in [-0.1, -0.05) is 36.4 Å². The van der Waals surface area contributed by atoms with Crippen LogP contribution >= 0.6 is 0 Å². The van der Waals surface area contributed by atoms with Crippen LogP contribution in [0.1, 0.15) is 61.3 Å². The highest BCUT2D eigenvalue weighted by Gasteiger charge is 2.35. The van der Waals surface area contributed by atoms with Crippen LogP contribution in [0.4, 0.5) is 23.3 Å². The van der Waals surface area contributed by atoms with Crippen LogP contribution in [0.25, 0.3) is 16.9 Å². The van der Waals surface area contributed by atoms with Crippen molar-refractivity contribution in [1.29, 1.82) is 0 Å². The predicted octanol–water partition coefficient (Wildman–Crippen LogP) is 5.70. The molecule has 0 amide bonds. The van der Waals surface area contributed by atoms with E-state index < -0.39 is 0 Å². The predicted molar refractivity (Wildman–Crippen MR) is 164 cm³/mol. The maximum Gasteiger partial charge on any atom is 0.248 e. The molecule has 5 aliphatic rings. The lowest BCUT2D eigenvalue weighted by Crippen LogP contribution is -2.40. The first kappa shape index (κ1) is 24.9. The number of likely N-dealkylation sites (tertiary alicyclic amines) is 1. The number of anilines is 4. The Kier molecular flexibility index (Phi) is 6.17. The van der Waals surface area contributed by atoms with Crippen molar-refractivity contribution in [3.8, 4) is 16.9 Å². The molecule has 210 valence electrons. The second-order valence-electron chi connectivity index (χ2n) is 12.2. The molecule has 4 aromatic rings. The monoisotopic (exact) mass is 546 g/mol. The van der Waals surface area contributed by atoms with Crippen molar-refractivity contribution >= 4 is 23.3 Å². The third-order valence-electron chi connectivity index (χ3n) is 9.75. The van der Waals surface area contributed by atoms with Gasteiger partial charge in [0.2, 0.25) is 11.9 Å². The highest BCUT2D eigenvalue weighted by Crippen LogP contribution is 2.46. The summed E-state index contributed by atoms with van der Waals surface area (Å²) in [5.74, 6) is 2.04. The maximum atomic E-state index is 6.47. The number of hydrogen-bond acceptors (Lipinski definition) is 7. The third-order valence-corrected chi connectivity index (χ3v) is 9.75. The lowest BCUT2D eigenvalue weighted by molar-refractivity contribution is 0.222. The van der Waals surface area contributed by atoms with Crippen LogP contribution in [0, 0.1) is 0 Å². The third kappa shape index (κ3) is 4.54. The van der Waals surface area contributed by atoms with Crippen LogP contribution in [0.2, 0.25) is 0 Å². The number of nitrogens with two attached hydrogens (primary N) is 1. The van der Waals surface area contributed by atoms with E-state index in [0.29, 0.717) is 17.8 Å². The molecule has 0 spiro atoms. The first-order valence-corrected chi connectivity index (χ1v) is 15.4. The molecule has 0 saturated carbocycles. The van der Waals surface area contributed by atoms with Crippen molar-refractivity contribution in [3.63, 3.8) is 0 Å². The zero-order valence-electron chi connectivity index (χ0n) is 23.6. The molecular formula is C33H38N8. The largest absolute Gasteiger partial charge is 0.370 e. The Morgan fingerprint density at radius 1 is 0.805 bits per heavy atom. The molecule has 2 bridgehead atoms. The zero-order chi connectivity index (χ0) is 27.3. The fraction of sp³-hybridized carbons (Fsp3) is 0.424. The second kappa shape index (κ2) is 10.2. The molecule has 8 nitrogen and oxygen atoms in total. The minimum absolute atomic E-state index is 0.337. The number of pyridine rings is 1. The molecule has 1 atom stereocenters. The van der Waals surface area contributed by atoms with Crippen molar-refractivity contribution in [2.24, 2.45) is 0 Å². The first-order chi connectivity index (χ1) is 20.2. The van der Waals surface area contributed by atoms with Crippen LogP contribution in [0.5, 0.6) is 0 Å². The molecule has 3 N–H and O–H groups in total. The standard InChI is InChI=1S/C33H38N8/c34-32-37-33(35-26-11-8-22-9-12-27(13-10-25(22)20-26)39-16-4-5-17-39)38-41(32)29-21-28(23-6-2-1-3-7-23)31-30(36-29)24-14-18-40(31)19-15-24/h1-3,6-8,11,20-21,24,27H,4-5,9-10,12-19H2,(H3,34,35,37,38). The summed E-state index contributed by atoms with van der Waals surface area (Å²) in [4.78, 5) is 15.0. The second-order valence-corrected chi connectivity index (χ2v) is 12.2. The average molecular weight is 547 g/mol. The van der Waals surface area contributed by atoms with Gasteiger partial charge in [0.05, 0.1) is 11.4 Å². The fourth-order valence-electron chi connectivity index (χ4n) is 7.60. The molecule has 4 aliphatic heterocycles. The van der Waals surface area contributed by atoms with Crippen molar-refractivity contribution < 1.29 is 0 Å². The van der Waals surface area contributed by atoms with Crippen LogP contribution < -0.4 is 16.0 Å². The SMILES string of the molecule is Nc1nc(Nc2ccc3c(c2)CCC(N2CCCC2)CC3)nn1-c1cc(-c2ccccc2)c2c(n1)C1CCN2CC1. The zero-order valence-corrected chi connectivity index (χ0v) is 23.6. The van der Waals surface area contributed by atoms with Crippen LogP contribution in [-0.4, -0.2) is 56.9 Å². The number of nitrogens with zero attached hydrogens (tertiary/aromatic N) is 6. The lowest BCUT2D eigenvalue weighted by Gasteiger charge is -2.42. The minimum atomic E-state index is 0.337. The highest BCUT2D eigenvalue weighted by atomic mass is 15.4. The van der Waals surface area contributed by atoms with Gasteiger partial charge in [-0.15, -0.1) is 5.10 Å². The molecule has 2 saturated heterocycles. The molecule has 0 radical (unpaired) electrons. The Morgan fingerprint density at radius 3 is 2.39 bits per heavy atom. The summed E-state index contributed by atoms with van der Waals surface area (Å²) in [6, 6.07) is 20.2. The Bertz CT molecular complexity index is 1560. The molecule has 1 aliphatic carbocycles. The highest BCUT2D eigenvalue weighted by molar-refractivity contribution is 5.83. The molecule has 6 heterocycles. The number of nitrogens with one attached hydrogen (secondary N) is 1. The number of piperidine rings is 1. The van der Waals surface area contributed by atoms with Gasteiger partial charge in [-0.3, -0.25) is 0 Å². The topological polar surface area (TPSA) is 88.1 Å². The first-order valence-electron chi connectivity index (χ1n) is 15.4. The van der Waals surface area contributed by atoms with Crippen LogP contribution in [-0.2, 0) is 12.8 Å². The summed E-state index contributed by atoms with van der Waals surface area (Å²) in [5, 5.41) is 8.24. The van der Waals surface area contributed by atoms with E-state index >= 15 is 0 Å². The number of aromatic nitrogens is 4. The van der Waals surface area contributed by atoms with E-state index in [9.17, 15) is 0 Å². The average Bonchev–Trinajstić information content (AvgIpc) is 3.63. The van der Waals surface area contributed by atoms with E-state index in [1.165, 1.54) is 72.4 Å². The number of nitrogen functional groups attached to an aromatic ring is 1. The van der Waals surface area contributed by atoms with Crippen LogP contribution in [0.3, 0.4) is 0 Å². The van der Waals surface area contributed by atoms with Gasteiger partial charge in [0, 0.05) is 36.3 Å². The Hall–Kier alpha value is -3.91. The minimum Gasteiger partial charge on any atom is -0.370 e. The van der Waals surface area contributed by atoms with Gasteiger partial charge < -0.3 is 20.9 Å². The number of fused-ring (bicyclic) bond motifs is 3. The molecular weight excluding hydrogens is 508 g/mol. The van der Waals surface area contributed by atoms with Gasteiger partial charge in [-0.25, -0.2) is 4.98 Å². The van der Waals surface area contributed by atoms with E-state index in [4.69, 9.17) is 15.8 Å². The van der Waals surface area contributed by atoms with Crippen molar-refractivity contribution in [2.45, 2.75) is 63.3 Å². The summed E-state index contributed by atoms with van der Waals surface area (Å²) >= 11 is 0. The van der Waals surface area contributed by atoms with E-state index in [2.05, 4.69) is 74.7 Å². The molecule has 2 aromatic carbocycles. The van der Waals surface area contributed by atoms with Crippen LogP contribution in [0.15, 0.2) is 54.6 Å². The lowest BCUT2D eigenvalue weighted by atomic mass is 9.84. The summed E-state index contributed by atoms with van der Waals surface area (Å²) in [7, 11) is 0. The molecule has 2 aromatic heterocycles. The Balaban J connectivity index is 1.08. The molecule has 9 rings (SSSR count). The van der Waals surface area contributed by atoms with Gasteiger partial charge in [0.25, 0.3) is 0 Å². The normalized spacial score (nSPS) is 20.6. The van der Waals surface area contributed by atoms with E-state index in [1.54, 1.807) is 4.68 Å². The number of aryl methyl sites for hydroxylation is 2. The fourth-order valence-corrected chi connectivity index (χ4v) is 7.60. The van der Waals surface area contributed by atoms with E-state index in [0.717, 1.165) is 56.3 Å². The Morgan fingerprint density at radius 2 is 1.59 bits per heavy atom. The summed E-state index contributed by atoms with van der Waals surface area (Å²) < 4.78 is 1.69. The van der Waals surface area contributed by atoms with Gasteiger partial charge in [0.15, 0.2) is 5.82 Å². The summed E-state index contributed by atoms with van der Waals surface area (Å²) in [5.41, 5.74) is 15.2. The van der Waals surface area contributed by atoms with E-state index in [-0.39, 0.29) is 0 Å². The van der Waals surface area contributed by atoms with Gasteiger partial charge in [-0.05, 0) is 99.3 Å². The van der Waals surface area contributed by atoms with Crippen molar-refractivity contribution in [1.82, 2.24) is 24.6 Å². The number of hydrogen-bond donors (Lipinski definition) is 2. The van der Waals surface area contributed by atoms with Crippen molar-refractivity contribution in [2.75, 3.05) is 42.1 Å². The molecule has 2 fully saturated rings. The quantitative estimate of drug-likeness (QED) is 0.311. The smallest absolute Gasteiger partial charge is 0.248 e. The maximum absolute atomic E-state index is 6.47. The van der Waals surface area contributed by atoms with Gasteiger partial charge >= 0.3 is 0 Å². The number of rotatable bonds is 5. The Labute approximate surface area is 241 Å². The summed E-state index contributed by atoms with van der Waals surface area (Å²) in [6.45, 7) is 4.73. The number of benzene rings is 2. The molecule has 1 unspecified atom stereocenters. The summed E-state index contributed by atoms with van der Waals surface area (Å²) in [6.07, 6.45) is 9.78. The van der Waals surface area contributed by atoms with Gasteiger partial charge in [0.1, 0.15) is 0 Å². The van der Waals surface area contributed by atoms with Gasteiger partial charge in [-0.2, -0.15) is 9.67 Å². The van der Waals surface area contributed by atoms with Crippen molar-refractivity contribution in [3.05, 3.63) is 71.4 Å².